The minimum Gasteiger partial charge on any atom is -0.356 e. The maximum absolute atomic E-state index is 12.6. The summed E-state index contributed by atoms with van der Waals surface area (Å²) in [5.74, 6) is -0.466. The van der Waals surface area contributed by atoms with Crippen LogP contribution in [0.4, 0.5) is 8.78 Å². The number of nitrogens with zero attached hydrogens (tertiary/aromatic N) is 2. The number of nitrogens with one attached hydrogen (secondary N) is 2. The van der Waals surface area contributed by atoms with Gasteiger partial charge in [-0.05, 0) is 17.7 Å². The summed E-state index contributed by atoms with van der Waals surface area (Å²) in [7, 11) is 0. The second-order valence-corrected chi connectivity index (χ2v) is 5.86. The van der Waals surface area contributed by atoms with E-state index in [1.165, 1.54) is 6.20 Å². The van der Waals surface area contributed by atoms with Gasteiger partial charge in [0.15, 0.2) is 5.43 Å². The number of aromatic nitrogens is 3. The number of pyridine rings is 1. The number of aromatic amines is 1. The smallest absolute Gasteiger partial charge is 0.333 e. The van der Waals surface area contributed by atoms with E-state index in [0.29, 0.717) is 9.70 Å². The third-order valence-electron chi connectivity index (χ3n) is 3.64. The third-order valence-corrected chi connectivity index (χ3v) is 3.89. The van der Waals surface area contributed by atoms with Crippen LogP contribution < -0.4 is 10.7 Å². The van der Waals surface area contributed by atoms with E-state index in [9.17, 15) is 18.4 Å². The zero-order valence-corrected chi connectivity index (χ0v) is 14.0. The third kappa shape index (κ3) is 3.97. The Morgan fingerprint density at radius 1 is 1.31 bits per heavy atom. The Kier molecular flexibility index (Phi) is 5.13. The molecule has 2 N–H and O–H groups in total. The van der Waals surface area contributed by atoms with E-state index in [-0.39, 0.29) is 23.4 Å². The van der Waals surface area contributed by atoms with Crippen LogP contribution in [0, 0.1) is 0 Å². The standard InChI is InChI=1S/C17H13ClF2N4O2/c18-12-3-1-10(2-4-12)6-22-16(26)14-5-15(25)13(8-21-14)11-7-23-24(9-11)17(19)20/h1-5,7-9,17H,6H2,(H,21,25)(H,22,26). The van der Waals surface area contributed by atoms with E-state index in [0.717, 1.165) is 24.0 Å². The van der Waals surface area contributed by atoms with Gasteiger partial charge < -0.3 is 10.3 Å². The molecule has 0 aliphatic rings. The fraction of sp³-hybridized carbons (Fsp3) is 0.118. The van der Waals surface area contributed by atoms with E-state index in [2.05, 4.69) is 15.4 Å². The first-order valence-electron chi connectivity index (χ1n) is 7.52. The number of H-pyrrole nitrogens is 1. The average molecular weight is 379 g/mol. The molecular formula is C17H13ClF2N4O2. The number of halogens is 3. The zero-order chi connectivity index (χ0) is 18.7. The lowest BCUT2D eigenvalue weighted by Crippen LogP contribution is -2.25. The van der Waals surface area contributed by atoms with Gasteiger partial charge in [0.2, 0.25) is 0 Å². The topological polar surface area (TPSA) is 79.8 Å². The van der Waals surface area contributed by atoms with Crippen molar-refractivity contribution >= 4 is 17.5 Å². The molecule has 1 aromatic carbocycles. The lowest BCUT2D eigenvalue weighted by Gasteiger charge is -2.06. The first kappa shape index (κ1) is 17.8. The van der Waals surface area contributed by atoms with Gasteiger partial charge >= 0.3 is 6.55 Å². The monoisotopic (exact) mass is 378 g/mol. The summed E-state index contributed by atoms with van der Waals surface area (Å²) in [5, 5.41) is 6.75. The molecule has 0 unspecified atom stereocenters. The molecule has 6 nitrogen and oxygen atoms in total. The quantitative estimate of drug-likeness (QED) is 0.715. The van der Waals surface area contributed by atoms with Crippen LogP contribution in [0.15, 0.2) is 53.7 Å². The van der Waals surface area contributed by atoms with Crippen LogP contribution in [0.1, 0.15) is 22.6 Å². The molecular weight excluding hydrogens is 366 g/mol. The molecule has 0 saturated heterocycles. The molecule has 26 heavy (non-hydrogen) atoms. The van der Waals surface area contributed by atoms with Crippen molar-refractivity contribution < 1.29 is 13.6 Å². The predicted molar refractivity (Wildman–Crippen MR) is 92.2 cm³/mol. The molecule has 1 amide bonds. The highest BCUT2D eigenvalue weighted by Crippen LogP contribution is 2.17. The van der Waals surface area contributed by atoms with Gasteiger partial charge in [-0.25, -0.2) is 4.68 Å². The van der Waals surface area contributed by atoms with Crippen molar-refractivity contribution in [2.24, 2.45) is 0 Å². The molecule has 0 radical (unpaired) electrons. The normalized spacial score (nSPS) is 10.9. The second-order valence-electron chi connectivity index (χ2n) is 5.42. The molecule has 2 aromatic heterocycles. The minimum absolute atomic E-state index is 0.0639. The maximum Gasteiger partial charge on any atom is 0.333 e. The number of carbonyl (C=O) groups is 1. The van der Waals surface area contributed by atoms with E-state index < -0.39 is 17.9 Å². The molecule has 3 rings (SSSR count). The molecule has 134 valence electrons. The number of hydrogen-bond donors (Lipinski definition) is 2. The van der Waals surface area contributed by atoms with Crippen molar-refractivity contribution in [2.45, 2.75) is 13.1 Å². The SMILES string of the molecule is O=C(NCc1ccc(Cl)cc1)c1cc(=O)c(-c2cnn(C(F)F)c2)c[nH]1. The number of carbonyl (C=O) groups excluding carboxylic acids is 1. The number of rotatable bonds is 5. The molecule has 0 spiro atoms. The van der Waals surface area contributed by atoms with Crippen LogP contribution in [0.25, 0.3) is 11.1 Å². The summed E-state index contributed by atoms with van der Waals surface area (Å²) in [4.78, 5) is 27.1. The van der Waals surface area contributed by atoms with Gasteiger partial charge in [0.05, 0.1) is 6.20 Å². The van der Waals surface area contributed by atoms with Crippen LogP contribution in [-0.4, -0.2) is 20.7 Å². The second kappa shape index (κ2) is 7.49. The van der Waals surface area contributed by atoms with Gasteiger partial charge in [-0.1, -0.05) is 23.7 Å². The Balaban J connectivity index is 1.72. The first-order chi connectivity index (χ1) is 12.4. The molecule has 9 heteroatoms. The largest absolute Gasteiger partial charge is 0.356 e. The first-order valence-corrected chi connectivity index (χ1v) is 7.90. The lowest BCUT2D eigenvalue weighted by molar-refractivity contribution is 0.0566. The Labute approximate surface area is 151 Å². The van der Waals surface area contributed by atoms with E-state index in [1.807, 2.05) is 0 Å². The highest BCUT2D eigenvalue weighted by Gasteiger charge is 2.13. The summed E-state index contributed by atoms with van der Waals surface area (Å²) in [6.07, 6.45) is 3.53. The van der Waals surface area contributed by atoms with Crippen molar-refractivity contribution in [3.63, 3.8) is 0 Å². The van der Waals surface area contributed by atoms with Crippen molar-refractivity contribution in [3.05, 3.63) is 75.4 Å². The number of amides is 1. The molecule has 2 heterocycles. The van der Waals surface area contributed by atoms with Gasteiger partial charge in [-0.15, -0.1) is 0 Å². The number of alkyl halides is 2. The molecule has 0 atom stereocenters. The Morgan fingerprint density at radius 2 is 2.04 bits per heavy atom. The molecule has 0 aliphatic carbocycles. The fourth-order valence-corrected chi connectivity index (χ4v) is 2.42. The highest BCUT2D eigenvalue weighted by molar-refractivity contribution is 6.30. The summed E-state index contributed by atoms with van der Waals surface area (Å²) in [5.41, 5.74) is 0.815. The van der Waals surface area contributed by atoms with Crippen molar-refractivity contribution in [3.8, 4) is 11.1 Å². The average Bonchev–Trinajstić information content (AvgIpc) is 3.11. The number of hydrogen-bond acceptors (Lipinski definition) is 3. The summed E-state index contributed by atoms with van der Waals surface area (Å²) in [6, 6.07) is 8.08. The molecule has 0 saturated carbocycles. The Hall–Kier alpha value is -3.00. The van der Waals surface area contributed by atoms with Crippen LogP contribution in [-0.2, 0) is 6.54 Å². The fourth-order valence-electron chi connectivity index (χ4n) is 2.29. The Morgan fingerprint density at radius 3 is 2.65 bits per heavy atom. The van der Waals surface area contributed by atoms with Gasteiger partial charge in [0.25, 0.3) is 5.91 Å². The van der Waals surface area contributed by atoms with E-state index in [4.69, 9.17) is 11.6 Å². The van der Waals surface area contributed by atoms with Gasteiger partial charge in [-0.3, -0.25) is 9.59 Å². The molecule has 0 bridgehead atoms. The summed E-state index contributed by atoms with van der Waals surface area (Å²) < 4.78 is 25.6. The zero-order valence-electron chi connectivity index (χ0n) is 13.2. The molecule has 0 fully saturated rings. The maximum atomic E-state index is 12.6. The minimum atomic E-state index is -2.79. The van der Waals surface area contributed by atoms with Crippen LogP contribution in [0.5, 0.6) is 0 Å². The summed E-state index contributed by atoms with van der Waals surface area (Å²) >= 11 is 5.80. The number of benzene rings is 1. The predicted octanol–water partition coefficient (Wildman–Crippen LogP) is 3.22. The van der Waals surface area contributed by atoms with Crippen molar-refractivity contribution in [2.75, 3.05) is 0 Å². The lowest BCUT2D eigenvalue weighted by atomic mass is 10.1. The van der Waals surface area contributed by atoms with Gasteiger partial charge in [0.1, 0.15) is 5.69 Å². The van der Waals surface area contributed by atoms with Crippen molar-refractivity contribution in [1.29, 1.82) is 0 Å². The van der Waals surface area contributed by atoms with Crippen LogP contribution >= 0.6 is 11.6 Å². The molecule has 3 aromatic rings. The molecule has 0 aliphatic heterocycles. The van der Waals surface area contributed by atoms with E-state index >= 15 is 0 Å². The van der Waals surface area contributed by atoms with Crippen LogP contribution in [0.3, 0.4) is 0 Å². The van der Waals surface area contributed by atoms with Crippen LogP contribution in [0.2, 0.25) is 5.02 Å². The Bertz CT molecular complexity index is 983. The van der Waals surface area contributed by atoms with Gasteiger partial charge in [0, 0.05) is 41.2 Å². The summed E-state index contributed by atoms with van der Waals surface area (Å²) in [6.45, 7) is -2.53. The van der Waals surface area contributed by atoms with Crippen molar-refractivity contribution in [1.82, 2.24) is 20.1 Å². The van der Waals surface area contributed by atoms with Gasteiger partial charge in [-0.2, -0.15) is 13.9 Å². The highest BCUT2D eigenvalue weighted by atomic mass is 35.5. The van der Waals surface area contributed by atoms with E-state index in [1.54, 1.807) is 24.3 Å².